The maximum atomic E-state index is 12.8. The first-order valence-corrected chi connectivity index (χ1v) is 11.2. The number of hydrogen-bond acceptors (Lipinski definition) is 5. The summed E-state index contributed by atoms with van der Waals surface area (Å²) in [6.45, 7) is 0.435. The van der Waals surface area contributed by atoms with Crippen LogP contribution in [0.4, 0.5) is 0 Å². The number of Topliss-reactive ketones (excluding diaryl/α,β-unsaturated/α-hetero) is 1. The second-order valence-corrected chi connectivity index (χ2v) is 9.37. The van der Waals surface area contributed by atoms with E-state index < -0.39 is 28.4 Å². The number of nitrogens with zero attached hydrogens (tertiary/aromatic N) is 1. The Morgan fingerprint density at radius 2 is 1.66 bits per heavy atom. The smallest absolute Gasteiger partial charge is 0.338 e. The molecule has 29 heavy (non-hydrogen) atoms. The van der Waals surface area contributed by atoms with Crippen molar-refractivity contribution in [3.05, 3.63) is 63.6 Å². The number of carbonyl (C=O) groups excluding carboxylic acids is 2. The standard InChI is InChI=1S/C20H19Cl2NO5S/c21-17-8-7-14(12-18(17)22)19(24)13-28-20(25)15-5-4-6-16(11-15)29(26,27)23-9-2-1-3-10-23/h4-8,11-12H,1-3,9-10,13H2. The van der Waals surface area contributed by atoms with E-state index in [1.165, 1.54) is 46.8 Å². The van der Waals surface area contributed by atoms with Gasteiger partial charge in [-0.2, -0.15) is 4.31 Å². The summed E-state index contributed by atoms with van der Waals surface area (Å²) in [5, 5.41) is 0.534. The monoisotopic (exact) mass is 455 g/mol. The molecule has 2 aromatic carbocycles. The van der Waals surface area contributed by atoms with E-state index in [0.717, 1.165) is 19.3 Å². The van der Waals surface area contributed by atoms with E-state index in [9.17, 15) is 18.0 Å². The van der Waals surface area contributed by atoms with Crippen LogP contribution in [0.25, 0.3) is 0 Å². The molecule has 154 valence electrons. The summed E-state index contributed by atoms with van der Waals surface area (Å²) in [6, 6.07) is 10.0. The highest BCUT2D eigenvalue weighted by atomic mass is 35.5. The van der Waals surface area contributed by atoms with Crippen molar-refractivity contribution in [2.45, 2.75) is 24.2 Å². The van der Waals surface area contributed by atoms with Crippen molar-refractivity contribution in [2.24, 2.45) is 0 Å². The van der Waals surface area contributed by atoms with Crippen molar-refractivity contribution in [1.82, 2.24) is 4.31 Å². The quantitative estimate of drug-likeness (QED) is 0.481. The first-order chi connectivity index (χ1) is 13.8. The third-order valence-corrected chi connectivity index (χ3v) is 7.23. The molecular formula is C20H19Cl2NO5S. The van der Waals surface area contributed by atoms with Gasteiger partial charge in [0.05, 0.1) is 20.5 Å². The second kappa shape index (κ2) is 9.26. The number of carbonyl (C=O) groups is 2. The van der Waals surface area contributed by atoms with E-state index in [0.29, 0.717) is 18.1 Å². The van der Waals surface area contributed by atoms with Crippen molar-refractivity contribution in [1.29, 1.82) is 0 Å². The van der Waals surface area contributed by atoms with Crippen molar-refractivity contribution in [2.75, 3.05) is 19.7 Å². The summed E-state index contributed by atoms with van der Waals surface area (Å²) in [7, 11) is -3.67. The van der Waals surface area contributed by atoms with Gasteiger partial charge < -0.3 is 4.74 Å². The van der Waals surface area contributed by atoms with E-state index in [1.54, 1.807) is 0 Å². The number of hydrogen-bond donors (Lipinski definition) is 0. The van der Waals surface area contributed by atoms with E-state index in [-0.39, 0.29) is 21.0 Å². The molecule has 0 aliphatic carbocycles. The molecule has 0 radical (unpaired) electrons. The summed E-state index contributed by atoms with van der Waals surface area (Å²) in [5.41, 5.74) is 0.318. The van der Waals surface area contributed by atoms with Gasteiger partial charge in [-0.1, -0.05) is 35.7 Å². The Bertz CT molecular complexity index is 1030. The Labute approximate surface area is 179 Å². The molecule has 0 amide bonds. The number of piperidine rings is 1. The van der Waals surface area contributed by atoms with Crippen LogP contribution in [-0.4, -0.2) is 44.2 Å². The molecule has 1 fully saturated rings. The van der Waals surface area contributed by atoms with Gasteiger partial charge in [0, 0.05) is 18.7 Å². The summed E-state index contributed by atoms with van der Waals surface area (Å²) >= 11 is 11.7. The normalized spacial score (nSPS) is 15.1. The molecule has 2 aromatic rings. The lowest BCUT2D eigenvalue weighted by Crippen LogP contribution is -2.35. The zero-order chi connectivity index (χ0) is 21.0. The van der Waals surface area contributed by atoms with Gasteiger partial charge in [0.1, 0.15) is 0 Å². The third kappa shape index (κ3) is 5.17. The van der Waals surface area contributed by atoms with Crippen LogP contribution in [0.3, 0.4) is 0 Å². The molecule has 0 unspecified atom stereocenters. The first kappa shape index (κ1) is 21.8. The van der Waals surface area contributed by atoms with Crippen molar-refractivity contribution in [3.8, 4) is 0 Å². The topological polar surface area (TPSA) is 80.8 Å². The molecule has 0 saturated carbocycles. The molecule has 0 aromatic heterocycles. The molecule has 1 heterocycles. The van der Waals surface area contributed by atoms with Crippen LogP contribution in [0.15, 0.2) is 47.4 Å². The van der Waals surface area contributed by atoms with Gasteiger partial charge in [-0.05, 0) is 49.2 Å². The number of ketones is 1. The fraction of sp³-hybridized carbons (Fsp3) is 0.300. The van der Waals surface area contributed by atoms with Crippen molar-refractivity contribution < 1.29 is 22.7 Å². The van der Waals surface area contributed by atoms with E-state index in [4.69, 9.17) is 27.9 Å². The van der Waals surface area contributed by atoms with Crippen molar-refractivity contribution in [3.63, 3.8) is 0 Å². The number of halogens is 2. The Kier molecular flexibility index (Phi) is 6.95. The highest BCUT2D eigenvalue weighted by molar-refractivity contribution is 7.89. The van der Waals surface area contributed by atoms with Gasteiger partial charge in [-0.3, -0.25) is 4.79 Å². The third-order valence-electron chi connectivity index (χ3n) is 4.60. The minimum Gasteiger partial charge on any atom is -0.454 e. The number of esters is 1. The average Bonchev–Trinajstić information content (AvgIpc) is 2.74. The van der Waals surface area contributed by atoms with Gasteiger partial charge >= 0.3 is 5.97 Å². The number of sulfonamides is 1. The van der Waals surface area contributed by atoms with Gasteiger partial charge in [-0.15, -0.1) is 0 Å². The molecule has 9 heteroatoms. The molecule has 1 aliphatic heterocycles. The minimum atomic E-state index is -3.67. The summed E-state index contributed by atoms with van der Waals surface area (Å²) < 4.78 is 32.0. The van der Waals surface area contributed by atoms with Crippen LogP contribution < -0.4 is 0 Å². The molecule has 0 bridgehead atoms. The Balaban J connectivity index is 1.69. The Hall–Kier alpha value is -1.93. The fourth-order valence-corrected chi connectivity index (χ4v) is 4.87. The number of benzene rings is 2. The van der Waals surface area contributed by atoms with E-state index >= 15 is 0 Å². The maximum Gasteiger partial charge on any atom is 0.338 e. The SMILES string of the molecule is O=C(COC(=O)c1cccc(S(=O)(=O)N2CCCCC2)c1)c1ccc(Cl)c(Cl)c1. The molecule has 6 nitrogen and oxygen atoms in total. The molecule has 1 aliphatic rings. The summed E-state index contributed by atoms with van der Waals surface area (Å²) in [4.78, 5) is 24.6. The van der Waals surface area contributed by atoms with Crippen LogP contribution in [0.5, 0.6) is 0 Å². The lowest BCUT2D eigenvalue weighted by molar-refractivity contribution is 0.0474. The first-order valence-electron chi connectivity index (χ1n) is 9.04. The molecule has 0 spiro atoms. The van der Waals surface area contributed by atoms with Crippen LogP contribution >= 0.6 is 23.2 Å². The largest absolute Gasteiger partial charge is 0.454 e. The summed E-state index contributed by atoms with van der Waals surface area (Å²) in [5.74, 6) is -1.23. The Morgan fingerprint density at radius 3 is 2.34 bits per heavy atom. The van der Waals surface area contributed by atoms with E-state index in [2.05, 4.69) is 0 Å². The zero-order valence-electron chi connectivity index (χ0n) is 15.4. The Morgan fingerprint density at radius 1 is 0.931 bits per heavy atom. The number of ether oxygens (including phenoxy) is 1. The second-order valence-electron chi connectivity index (χ2n) is 6.62. The fourth-order valence-electron chi connectivity index (χ4n) is 3.01. The van der Waals surface area contributed by atoms with Gasteiger partial charge in [0.25, 0.3) is 0 Å². The minimum absolute atomic E-state index is 0.0321. The molecule has 3 rings (SSSR count). The van der Waals surface area contributed by atoms with Crippen LogP contribution in [0.1, 0.15) is 40.0 Å². The molecule has 0 atom stereocenters. The van der Waals surface area contributed by atoms with Gasteiger partial charge in [-0.25, -0.2) is 13.2 Å². The lowest BCUT2D eigenvalue weighted by atomic mass is 10.1. The van der Waals surface area contributed by atoms with Gasteiger partial charge in [0.15, 0.2) is 12.4 Å². The van der Waals surface area contributed by atoms with Gasteiger partial charge in [0.2, 0.25) is 10.0 Å². The molecule has 0 N–H and O–H groups in total. The zero-order valence-corrected chi connectivity index (χ0v) is 17.8. The number of rotatable bonds is 6. The average molecular weight is 456 g/mol. The van der Waals surface area contributed by atoms with Crippen LogP contribution in [-0.2, 0) is 14.8 Å². The maximum absolute atomic E-state index is 12.8. The molecular weight excluding hydrogens is 437 g/mol. The molecule has 1 saturated heterocycles. The lowest BCUT2D eigenvalue weighted by Gasteiger charge is -2.25. The highest BCUT2D eigenvalue weighted by Crippen LogP contribution is 2.23. The van der Waals surface area contributed by atoms with Crippen molar-refractivity contribution >= 4 is 45.0 Å². The summed E-state index contributed by atoms with van der Waals surface area (Å²) in [6.07, 6.45) is 2.64. The van der Waals surface area contributed by atoms with Crippen LogP contribution in [0, 0.1) is 0 Å². The van der Waals surface area contributed by atoms with Crippen LogP contribution in [0.2, 0.25) is 10.0 Å². The predicted molar refractivity (Wildman–Crippen MR) is 110 cm³/mol. The van der Waals surface area contributed by atoms with E-state index in [1.807, 2.05) is 0 Å². The predicted octanol–water partition coefficient (Wildman–Crippen LogP) is 4.21. The highest BCUT2D eigenvalue weighted by Gasteiger charge is 2.26.